The molecule has 0 bridgehead atoms. The first kappa shape index (κ1) is 14.8. The Morgan fingerprint density at radius 3 is 2.33 bits per heavy atom. The van der Waals surface area contributed by atoms with Gasteiger partial charge >= 0.3 is 0 Å². The second-order valence-corrected chi connectivity index (χ2v) is 4.55. The van der Waals surface area contributed by atoms with Crippen LogP contribution in [0.2, 0.25) is 0 Å². The molecule has 0 radical (unpaired) electrons. The van der Waals surface area contributed by atoms with E-state index in [9.17, 15) is 10.1 Å². The van der Waals surface area contributed by atoms with Crippen LogP contribution in [-0.4, -0.2) is 12.0 Å². The van der Waals surface area contributed by atoms with Crippen molar-refractivity contribution in [1.82, 2.24) is 0 Å². The van der Waals surface area contributed by atoms with E-state index in [1.807, 2.05) is 19.1 Å². The lowest BCUT2D eigenvalue weighted by molar-refractivity contribution is -0.384. The van der Waals surface area contributed by atoms with Gasteiger partial charge in [-0.05, 0) is 30.7 Å². The lowest BCUT2D eigenvalue weighted by Gasteiger charge is -2.11. The highest BCUT2D eigenvalue weighted by molar-refractivity contribution is 5.50. The minimum atomic E-state index is -0.482. The van der Waals surface area contributed by atoms with Crippen molar-refractivity contribution in [3.8, 4) is 17.2 Å². The molecule has 0 saturated carbocycles. The summed E-state index contributed by atoms with van der Waals surface area (Å²) in [7, 11) is 1.44. The second kappa shape index (κ2) is 6.23. The molecule has 2 aromatic carbocycles. The van der Waals surface area contributed by atoms with Gasteiger partial charge in [-0.2, -0.15) is 0 Å². The van der Waals surface area contributed by atoms with Gasteiger partial charge in [-0.1, -0.05) is 12.1 Å². The number of nitrogens with two attached hydrogens (primary N) is 1. The maximum Gasteiger partial charge on any atom is 0.273 e. The monoisotopic (exact) mass is 288 g/mol. The number of nitrogens with zero attached hydrogens (tertiary/aromatic N) is 1. The Morgan fingerprint density at radius 1 is 1.14 bits per heavy atom. The Hall–Kier alpha value is -2.60. The Balaban J connectivity index is 2.24. The van der Waals surface area contributed by atoms with Gasteiger partial charge in [-0.3, -0.25) is 10.1 Å². The van der Waals surface area contributed by atoms with E-state index in [1.54, 1.807) is 12.1 Å². The summed E-state index contributed by atoms with van der Waals surface area (Å²) >= 11 is 0. The molecule has 1 unspecified atom stereocenters. The number of rotatable bonds is 5. The molecule has 0 aliphatic heterocycles. The molecule has 0 spiro atoms. The van der Waals surface area contributed by atoms with Gasteiger partial charge in [-0.15, -0.1) is 0 Å². The van der Waals surface area contributed by atoms with Gasteiger partial charge in [0.15, 0.2) is 11.5 Å². The van der Waals surface area contributed by atoms with Crippen LogP contribution in [0.15, 0.2) is 42.5 Å². The minimum absolute atomic E-state index is 0.0482. The van der Waals surface area contributed by atoms with Crippen molar-refractivity contribution in [2.45, 2.75) is 13.0 Å². The lowest BCUT2D eigenvalue weighted by Crippen LogP contribution is -2.04. The van der Waals surface area contributed by atoms with Crippen LogP contribution in [0.1, 0.15) is 18.5 Å². The average Bonchev–Trinajstić information content (AvgIpc) is 2.48. The average molecular weight is 288 g/mol. The van der Waals surface area contributed by atoms with Gasteiger partial charge in [0, 0.05) is 12.1 Å². The topological polar surface area (TPSA) is 87.6 Å². The van der Waals surface area contributed by atoms with E-state index in [-0.39, 0.29) is 11.7 Å². The first-order valence-electron chi connectivity index (χ1n) is 6.37. The number of ether oxygens (including phenoxy) is 2. The summed E-state index contributed by atoms with van der Waals surface area (Å²) in [6.45, 7) is 1.90. The molecule has 0 heterocycles. The Labute approximate surface area is 122 Å². The number of nitro benzene ring substituents is 1. The molecule has 0 aromatic heterocycles. The SMILES string of the molecule is COc1cc([N+](=O)[O-])ccc1Oc1ccc(C(C)N)cc1. The fourth-order valence-corrected chi connectivity index (χ4v) is 1.82. The molecular weight excluding hydrogens is 272 g/mol. The molecule has 2 rings (SSSR count). The smallest absolute Gasteiger partial charge is 0.273 e. The van der Waals surface area contributed by atoms with Crippen LogP contribution in [0.4, 0.5) is 5.69 Å². The third kappa shape index (κ3) is 3.49. The largest absolute Gasteiger partial charge is 0.493 e. The van der Waals surface area contributed by atoms with Crippen molar-refractivity contribution < 1.29 is 14.4 Å². The van der Waals surface area contributed by atoms with Crippen molar-refractivity contribution in [2.75, 3.05) is 7.11 Å². The molecule has 0 amide bonds. The van der Waals surface area contributed by atoms with Crippen molar-refractivity contribution in [3.05, 3.63) is 58.1 Å². The zero-order chi connectivity index (χ0) is 15.4. The molecule has 21 heavy (non-hydrogen) atoms. The molecule has 6 nitrogen and oxygen atoms in total. The van der Waals surface area contributed by atoms with E-state index >= 15 is 0 Å². The van der Waals surface area contributed by atoms with Crippen molar-refractivity contribution in [1.29, 1.82) is 0 Å². The number of hydrogen-bond acceptors (Lipinski definition) is 5. The van der Waals surface area contributed by atoms with E-state index in [1.165, 1.54) is 25.3 Å². The molecule has 2 aromatic rings. The standard InChI is InChI=1S/C15H16N2O4/c1-10(16)11-3-6-13(7-4-11)21-14-8-5-12(17(18)19)9-15(14)20-2/h3-10H,16H2,1-2H3. The van der Waals surface area contributed by atoms with E-state index in [0.29, 0.717) is 17.2 Å². The van der Waals surface area contributed by atoms with Gasteiger partial charge in [0.1, 0.15) is 5.75 Å². The van der Waals surface area contributed by atoms with E-state index in [0.717, 1.165) is 5.56 Å². The highest BCUT2D eigenvalue weighted by atomic mass is 16.6. The van der Waals surface area contributed by atoms with Crippen LogP contribution in [0, 0.1) is 10.1 Å². The fourth-order valence-electron chi connectivity index (χ4n) is 1.82. The van der Waals surface area contributed by atoms with E-state index in [4.69, 9.17) is 15.2 Å². The van der Waals surface area contributed by atoms with Gasteiger partial charge in [0.05, 0.1) is 18.1 Å². The van der Waals surface area contributed by atoms with Gasteiger partial charge in [0.2, 0.25) is 0 Å². The fraction of sp³-hybridized carbons (Fsp3) is 0.200. The zero-order valence-electron chi connectivity index (χ0n) is 11.8. The summed E-state index contributed by atoms with van der Waals surface area (Å²) < 4.78 is 10.8. The van der Waals surface area contributed by atoms with Gasteiger partial charge in [-0.25, -0.2) is 0 Å². The number of benzene rings is 2. The van der Waals surface area contributed by atoms with Crippen LogP contribution in [0.3, 0.4) is 0 Å². The highest BCUT2D eigenvalue weighted by Gasteiger charge is 2.13. The minimum Gasteiger partial charge on any atom is -0.493 e. The Morgan fingerprint density at radius 2 is 1.81 bits per heavy atom. The molecule has 0 aliphatic carbocycles. The molecule has 0 fully saturated rings. The number of non-ortho nitro benzene ring substituents is 1. The molecule has 110 valence electrons. The number of nitro groups is 1. The summed E-state index contributed by atoms with van der Waals surface area (Å²) in [5, 5.41) is 10.7. The molecular formula is C15H16N2O4. The molecule has 2 N–H and O–H groups in total. The summed E-state index contributed by atoms with van der Waals surface area (Å²) in [5.41, 5.74) is 6.73. The third-order valence-corrected chi connectivity index (χ3v) is 2.99. The van der Waals surface area contributed by atoms with Gasteiger partial charge < -0.3 is 15.2 Å². The molecule has 6 heteroatoms. The first-order chi connectivity index (χ1) is 10.0. The summed E-state index contributed by atoms with van der Waals surface area (Å²) in [5.74, 6) is 1.32. The molecule has 1 atom stereocenters. The summed E-state index contributed by atoms with van der Waals surface area (Å²) in [4.78, 5) is 10.3. The predicted octanol–water partition coefficient (Wildman–Crippen LogP) is 3.42. The number of hydrogen-bond donors (Lipinski definition) is 1. The van der Waals surface area contributed by atoms with Crippen molar-refractivity contribution in [2.24, 2.45) is 5.73 Å². The second-order valence-electron chi connectivity index (χ2n) is 4.55. The van der Waals surface area contributed by atoms with Crippen LogP contribution in [0.25, 0.3) is 0 Å². The van der Waals surface area contributed by atoms with Crippen LogP contribution in [-0.2, 0) is 0 Å². The van der Waals surface area contributed by atoms with E-state index < -0.39 is 4.92 Å². The van der Waals surface area contributed by atoms with Crippen molar-refractivity contribution in [3.63, 3.8) is 0 Å². The lowest BCUT2D eigenvalue weighted by atomic mass is 10.1. The molecule has 0 saturated heterocycles. The summed E-state index contributed by atoms with van der Waals surface area (Å²) in [6.07, 6.45) is 0. The normalized spacial score (nSPS) is 11.8. The van der Waals surface area contributed by atoms with Crippen LogP contribution < -0.4 is 15.2 Å². The highest BCUT2D eigenvalue weighted by Crippen LogP contribution is 2.34. The zero-order valence-corrected chi connectivity index (χ0v) is 11.8. The third-order valence-electron chi connectivity index (χ3n) is 2.99. The Kier molecular flexibility index (Phi) is 4.39. The first-order valence-corrected chi connectivity index (χ1v) is 6.37. The molecule has 0 aliphatic rings. The van der Waals surface area contributed by atoms with Crippen LogP contribution >= 0.6 is 0 Å². The summed E-state index contributed by atoms with van der Waals surface area (Å²) in [6, 6.07) is 11.5. The van der Waals surface area contributed by atoms with E-state index in [2.05, 4.69) is 0 Å². The van der Waals surface area contributed by atoms with Gasteiger partial charge in [0.25, 0.3) is 5.69 Å². The predicted molar refractivity (Wildman–Crippen MR) is 78.8 cm³/mol. The van der Waals surface area contributed by atoms with Crippen molar-refractivity contribution >= 4 is 5.69 Å². The maximum absolute atomic E-state index is 10.7. The van der Waals surface area contributed by atoms with Crippen LogP contribution in [0.5, 0.6) is 17.2 Å². The number of methoxy groups -OCH3 is 1. The maximum atomic E-state index is 10.7. The quantitative estimate of drug-likeness (QED) is 0.672. The Bertz CT molecular complexity index is 639.